The Bertz CT molecular complexity index is 963. The highest BCUT2D eigenvalue weighted by atomic mass is 16.5. The van der Waals surface area contributed by atoms with Crippen molar-refractivity contribution in [2.45, 2.75) is 52.5 Å². The Morgan fingerprint density at radius 3 is 2.69 bits per heavy atom. The molecule has 1 unspecified atom stereocenters. The third-order valence-corrected chi connectivity index (χ3v) is 5.99. The minimum Gasteiger partial charge on any atom is -0.496 e. The second-order valence-electron chi connectivity index (χ2n) is 8.65. The van der Waals surface area contributed by atoms with Crippen LogP contribution in [0.3, 0.4) is 0 Å². The van der Waals surface area contributed by atoms with Gasteiger partial charge in [0.1, 0.15) is 5.75 Å². The molecular weight excluding hydrogens is 362 g/mol. The van der Waals surface area contributed by atoms with Crippen molar-refractivity contribution in [1.29, 1.82) is 0 Å². The predicted octanol–water partition coefficient (Wildman–Crippen LogP) is 4.80. The van der Waals surface area contributed by atoms with Gasteiger partial charge in [-0.25, -0.2) is 5.43 Å². The maximum atomic E-state index is 12.5. The molecule has 1 N–H and O–H groups in total. The highest BCUT2D eigenvalue weighted by Gasteiger charge is 2.34. The zero-order valence-electron chi connectivity index (χ0n) is 18.5. The van der Waals surface area contributed by atoms with Crippen LogP contribution in [-0.4, -0.2) is 31.8 Å². The van der Waals surface area contributed by atoms with Crippen LogP contribution in [-0.2, 0) is 0 Å². The maximum Gasteiger partial charge on any atom is 0.275 e. The number of hydrogen-bond acceptors (Lipinski definition) is 4. The lowest BCUT2D eigenvalue weighted by Crippen LogP contribution is -2.45. The van der Waals surface area contributed by atoms with E-state index in [4.69, 9.17) is 4.74 Å². The summed E-state index contributed by atoms with van der Waals surface area (Å²) in [6.07, 6.45) is 2.82. The number of nitrogens with zero attached hydrogens (tertiary/aromatic N) is 2. The number of amides is 1. The first-order valence-corrected chi connectivity index (χ1v) is 10.0. The minimum absolute atomic E-state index is 0.134. The molecule has 1 aliphatic heterocycles. The molecule has 0 radical (unpaired) electrons. The second-order valence-corrected chi connectivity index (χ2v) is 8.65. The molecule has 29 heavy (non-hydrogen) atoms. The minimum atomic E-state index is -0.288. The number of anilines is 1. The van der Waals surface area contributed by atoms with Crippen LogP contribution in [0.25, 0.3) is 0 Å². The number of methoxy groups -OCH3 is 1. The first-order valence-electron chi connectivity index (χ1n) is 10.0. The fourth-order valence-electron chi connectivity index (χ4n) is 4.08. The van der Waals surface area contributed by atoms with Gasteiger partial charge in [-0.2, -0.15) is 5.10 Å². The van der Waals surface area contributed by atoms with Crippen molar-refractivity contribution < 1.29 is 9.53 Å². The number of carbonyl (C=O) groups is 1. The van der Waals surface area contributed by atoms with Crippen LogP contribution < -0.4 is 15.1 Å². The van der Waals surface area contributed by atoms with Crippen molar-refractivity contribution in [2.75, 3.05) is 19.1 Å². The number of hydrogen-bond donors (Lipinski definition) is 1. The molecule has 154 valence electrons. The molecule has 2 aromatic carbocycles. The van der Waals surface area contributed by atoms with Gasteiger partial charge < -0.3 is 9.64 Å². The number of fused-ring (bicyclic) bond motifs is 1. The summed E-state index contributed by atoms with van der Waals surface area (Å²) in [5, 5.41) is 4.20. The predicted molar refractivity (Wildman–Crippen MR) is 119 cm³/mol. The number of hydrazone groups is 1. The van der Waals surface area contributed by atoms with E-state index in [2.05, 4.69) is 62.3 Å². The molecular formula is C24H31N3O2. The van der Waals surface area contributed by atoms with Crippen LogP contribution in [0.15, 0.2) is 35.4 Å². The largest absolute Gasteiger partial charge is 0.496 e. The lowest BCUT2D eigenvalue weighted by molar-refractivity contribution is 0.0952. The van der Waals surface area contributed by atoms with Crippen LogP contribution >= 0.6 is 0 Å². The van der Waals surface area contributed by atoms with E-state index < -0.39 is 0 Å². The number of ether oxygens (including phenoxy) is 1. The van der Waals surface area contributed by atoms with Crippen LogP contribution in [0.1, 0.15) is 65.7 Å². The Balaban J connectivity index is 1.82. The first kappa shape index (κ1) is 20.9. The van der Waals surface area contributed by atoms with E-state index in [1.54, 1.807) is 19.4 Å². The Labute approximate surface area is 173 Å². The van der Waals surface area contributed by atoms with Crippen molar-refractivity contribution in [2.24, 2.45) is 5.10 Å². The van der Waals surface area contributed by atoms with E-state index >= 15 is 0 Å². The molecule has 0 aromatic heterocycles. The average Bonchev–Trinajstić information content (AvgIpc) is 2.66. The first-order chi connectivity index (χ1) is 13.6. The zero-order valence-corrected chi connectivity index (χ0v) is 18.5. The Morgan fingerprint density at radius 1 is 1.28 bits per heavy atom. The summed E-state index contributed by atoms with van der Waals surface area (Å²) in [6, 6.07) is 9.89. The van der Waals surface area contributed by atoms with Gasteiger partial charge >= 0.3 is 0 Å². The summed E-state index contributed by atoms with van der Waals surface area (Å²) in [4.78, 5) is 14.9. The monoisotopic (exact) mass is 393 g/mol. The van der Waals surface area contributed by atoms with E-state index in [9.17, 15) is 4.79 Å². The van der Waals surface area contributed by atoms with Crippen molar-refractivity contribution in [1.82, 2.24) is 5.43 Å². The SMILES string of the molecule is COc1cc(C)ccc1C(=O)N/N=C\c1cc2c(cc1C)N(C)C(C)(C)CC2C. The van der Waals surface area contributed by atoms with Gasteiger partial charge in [0.05, 0.1) is 18.9 Å². The van der Waals surface area contributed by atoms with Crippen LogP contribution in [0, 0.1) is 13.8 Å². The summed E-state index contributed by atoms with van der Waals surface area (Å²) in [5.74, 6) is 0.723. The molecule has 0 spiro atoms. The molecule has 0 saturated carbocycles. The van der Waals surface area contributed by atoms with E-state index in [0.717, 1.165) is 23.1 Å². The average molecular weight is 394 g/mol. The number of carbonyl (C=O) groups excluding carboxylic acids is 1. The van der Waals surface area contributed by atoms with Gasteiger partial charge in [-0.05, 0) is 86.6 Å². The quantitative estimate of drug-likeness (QED) is 0.600. The smallest absolute Gasteiger partial charge is 0.275 e. The van der Waals surface area contributed by atoms with Gasteiger partial charge in [0.25, 0.3) is 5.91 Å². The van der Waals surface area contributed by atoms with Gasteiger partial charge in [-0.15, -0.1) is 0 Å². The molecule has 0 saturated heterocycles. The van der Waals surface area contributed by atoms with Crippen molar-refractivity contribution in [3.8, 4) is 5.75 Å². The second kappa shape index (κ2) is 7.90. The third kappa shape index (κ3) is 4.14. The summed E-state index contributed by atoms with van der Waals surface area (Å²) in [5.41, 5.74) is 9.00. The lowest BCUT2D eigenvalue weighted by Gasteiger charge is -2.45. The number of benzene rings is 2. The van der Waals surface area contributed by atoms with E-state index in [1.807, 2.05) is 19.1 Å². The lowest BCUT2D eigenvalue weighted by atomic mass is 9.79. The van der Waals surface area contributed by atoms with Gasteiger partial charge in [-0.3, -0.25) is 4.79 Å². The zero-order chi connectivity index (χ0) is 21.3. The van der Waals surface area contributed by atoms with Crippen molar-refractivity contribution in [3.05, 3.63) is 58.1 Å². The van der Waals surface area contributed by atoms with Crippen LogP contribution in [0.4, 0.5) is 5.69 Å². The van der Waals surface area contributed by atoms with Gasteiger partial charge in [0, 0.05) is 18.3 Å². The van der Waals surface area contributed by atoms with Crippen molar-refractivity contribution in [3.63, 3.8) is 0 Å². The molecule has 0 fully saturated rings. The summed E-state index contributed by atoms with van der Waals surface area (Å²) < 4.78 is 5.31. The van der Waals surface area contributed by atoms with Crippen LogP contribution in [0.5, 0.6) is 5.75 Å². The number of rotatable bonds is 4. The highest BCUT2D eigenvalue weighted by Crippen LogP contribution is 2.43. The van der Waals surface area contributed by atoms with E-state index in [1.165, 1.54) is 11.3 Å². The highest BCUT2D eigenvalue weighted by molar-refractivity contribution is 5.97. The molecule has 0 bridgehead atoms. The maximum absolute atomic E-state index is 12.5. The summed E-state index contributed by atoms with van der Waals surface area (Å²) >= 11 is 0. The van der Waals surface area contributed by atoms with Crippen molar-refractivity contribution >= 4 is 17.8 Å². The molecule has 5 nitrogen and oxygen atoms in total. The van der Waals surface area contributed by atoms with Gasteiger partial charge in [0.2, 0.25) is 0 Å². The Hall–Kier alpha value is -2.82. The summed E-state index contributed by atoms with van der Waals surface area (Å²) in [6.45, 7) is 10.9. The number of aryl methyl sites for hydroxylation is 2. The van der Waals surface area contributed by atoms with Crippen LogP contribution in [0.2, 0.25) is 0 Å². The molecule has 3 rings (SSSR count). The van der Waals surface area contributed by atoms with Gasteiger partial charge in [-0.1, -0.05) is 13.0 Å². The summed E-state index contributed by atoms with van der Waals surface area (Å²) in [7, 11) is 3.72. The fourth-order valence-corrected chi connectivity index (χ4v) is 4.08. The molecule has 1 heterocycles. The molecule has 0 aliphatic carbocycles. The number of nitrogens with one attached hydrogen (secondary N) is 1. The Kier molecular flexibility index (Phi) is 5.69. The fraction of sp³-hybridized carbons (Fsp3) is 0.417. The third-order valence-electron chi connectivity index (χ3n) is 5.99. The molecule has 1 aliphatic rings. The topological polar surface area (TPSA) is 53.9 Å². The molecule has 1 amide bonds. The Morgan fingerprint density at radius 2 is 2.00 bits per heavy atom. The molecule has 5 heteroatoms. The molecule has 1 atom stereocenters. The standard InChI is InChI=1S/C24H31N3O2/c1-15-8-9-19(22(10-15)29-7)23(28)26-25-14-18-12-20-17(3)13-24(4,5)27(6)21(20)11-16(18)2/h8-12,14,17H,13H2,1-7H3,(H,26,28)/b25-14-. The van der Waals surface area contributed by atoms with E-state index in [0.29, 0.717) is 17.2 Å². The van der Waals surface area contributed by atoms with E-state index in [-0.39, 0.29) is 11.4 Å². The molecule has 2 aromatic rings. The normalized spacial score (nSPS) is 17.9. The van der Waals surface area contributed by atoms with Gasteiger partial charge in [0.15, 0.2) is 0 Å².